The molecule has 1 atom stereocenters. The Morgan fingerprint density at radius 2 is 2.19 bits per heavy atom. The summed E-state index contributed by atoms with van der Waals surface area (Å²) in [5.41, 5.74) is 5.84. The largest absolute Gasteiger partial charge is 0.375 e. The molecule has 2 N–H and O–H groups in total. The number of hydrogen-bond donors (Lipinski definition) is 1. The van der Waals surface area contributed by atoms with Crippen molar-refractivity contribution in [3.63, 3.8) is 0 Å². The normalized spacial score (nSPS) is 29.8. The molecule has 0 aromatic rings. The Labute approximate surface area is 103 Å². The van der Waals surface area contributed by atoms with Crippen LogP contribution >= 0.6 is 11.8 Å². The average Bonchev–Trinajstić information content (AvgIpc) is 2.30. The van der Waals surface area contributed by atoms with Gasteiger partial charge in [0.15, 0.2) is 0 Å². The molecule has 0 radical (unpaired) electrons. The molecular formula is C12H24N2OS. The Morgan fingerprint density at radius 1 is 1.44 bits per heavy atom. The van der Waals surface area contributed by atoms with Crippen molar-refractivity contribution < 1.29 is 4.74 Å². The molecule has 2 aliphatic rings. The maximum absolute atomic E-state index is 6.09. The molecule has 1 unspecified atom stereocenters. The Bertz CT molecular complexity index is 214. The molecule has 3 nitrogen and oxygen atoms in total. The van der Waals surface area contributed by atoms with Gasteiger partial charge < -0.3 is 15.4 Å². The van der Waals surface area contributed by atoms with Crippen molar-refractivity contribution in [2.45, 2.75) is 37.3 Å². The number of nitrogens with zero attached hydrogens (tertiary/aromatic N) is 1. The molecule has 2 aliphatic heterocycles. The summed E-state index contributed by atoms with van der Waals surface area (Å²) in [6.07, 6.45) is 4.87. The molecule has 94 valence electrons. The van der Waals surface area contributed by atoms with Crippen molar-refractivity contribution in [2.24, 2.45) is 5.73 Å². The molecule has 0 amide bonds. The Balaban J connectivity index is 1.92. The lowest BCUT2D eigenvalue weighted by Gasteiger charge is -2.45. The van der Waals surface area contributed by atoms with Crippen LogP contribution in [0.2, 0.25) is 0 Å². The zero-order valence-corrected chi connectivity index (χ0v) is 11.1. The molecule has 1 spiro atoms. The second kappa shape index (κ2) is 5.71. The molecule has 4 heteroatoms. The first-order chi connectivity index (χ1) is 7.76. The smallest absolute Gasteiger partial charge is 0.0713 e. The van der Waals surface area contributed by atoms with E-state index in [4.69, 9.17) is 10.5 Å². The van der Waals surface area contributed by atoms with Gasteiger partial charge in [0.2, 0.25) is 0 Å². The van der Waals surface area contributed by atoms with E-state index in [1.165, 1.54) is 37.2 Å². The van der Waals surface area contributed by atoms with Gasteiger partial charge in [0.25, 0.3) is 0 Å². The lowest BCUT2D eigenvalue weighted by molar-refractivity contribution is -0.107. The summed E-state index contributed by atoms with van der Waals surface area (Å²) in [4.78, 5) is 2.42. The van der Waals surface area contributed by atoms with Crippen LogP contribution in [0.1, 0.15) is 25.7 Å². The first kappa shape index (κ1) is 12.7. The van der Waals surface area contributed by atoms with E-state index in [2.05, 4.69) is 23.7 Å². The SMILES string of the molecule is CN(CCN)C1CCOC2(CCSCC2)C1. The van der Waals surface area contributed by atoms with Crippen molar-refractivity contribution in [1.82, 2.24) is 4.90 Å². The Hall–Kier alpha value is 0.230. The highest BCUT2D eigenvalue weighted by atomic mass is 32.2. The summed E-state index contributed by atoms with van der Waals surface area (Å²) in [5.74, 6) is 2.54. The summed E-state index contributed by atoms with van der Waals surface area (Å²) in [6, 6.07) is 0.681. The van der Waals surface area contributed by atoms with Crippen molar-refractivity contribution >= 4 is 11.8 Å². The fraction of sp³-hybridized carbons (Fsp3) is 1.00. The third-order valence-corrected chi connectivity index (χ3v) is 4.96. The van der Waals surface area contributed by atoms with E-state index in [1.807, 2.05) is 0 Å². The molecule has 2 heterocycles. The highest BCUT2D eigenvalue weighted by molar-refractivity contribution is 7.99. The number of thioether (sulfide) groups is 1. The minimum atomic E-state index is 0.205. The van der Waals surface area contributed by atoms with Gasteiger partial charge in [0.1, 0.15) is 0 Å². The summed E-state index contributed by atoms with van der Waals surface area (Å²) < 4.78 is 6.09. The quantitative estimate of drug-likeness (QED) is 0.813. The first-order valence-corrected chi connectivity index (χ1v) is 7.53. The fourth-order valence-corrected chi connectivity index (χ4v) is 4.09. The Morgan fingerprint density at radius 3 is 2.88 bits per heavy atom. The van der Waals surface area contributed by atoms with E-state index >= 15 is 0 Å². The van der Waals surface area contributed by atoms with Gasteiger partial charge in [0, 0.05) is 25.7 Å². The van der Waals surface area contributed by atoms with Gasteiger partial charge in [-0.15, -0.1) is 0 Å². The third-order valence-electron chi connectivity index (χ3n) is 3.98. The molecule has 2 saturated heterocycles. The van der Waals surface area contributed by atoms with Crippen LogP contribution in [0.25, 0.3) is 0 Å². The molecule has 0 saturated carbocycles. The first-order valence-electron chi connectivity index (χ1n) is 6.38. The van der Waals surface area contributed by atoms with Crippen LogP contribution in [0.5, 0.6) is 0 Å². The van der Waals surface area contributed by atoms with Crippen LogP contribution in [0.3, 0.4) is 0 Å². The van der Waals surface area contributed by atoms with Crippen molar-refractivity contribution in [3.8, 4) is 0 Å². The second-order valence-corrected chi connectivity index (χ2v) is 6.28. The monoisotopic (exact) mass is 244 g/mol. The molecule has 2 rings (SSSR count). The van der Waals surface area contributed by atoms with Gasteiger partial charge in [-0.25, -0.2) is 0 Å². The highest BCUT2D eigenvalue weighted by Crippen LogP contribution is 2.38. The molecular weight excluding hydrogens is 220 g/mol. The fourth-order valence-electron chi connectivity index (χ4n) is 2.86. The van der Waals surface area contributed by atoms with E-state index in [9.17, 15) is 0 Å². The van der Waals surface area contributed by atoms with Gasteiger partial charge in [-0.05, 0) is 44.2 Å². The lowest BCUT2D eigenvalue weighted by atomic mass is 9.85. The molecule has 0 aromatic heterocycles. The summed E-state index contributed by atoms with van der Waals surface area (Å²) in [7, 11) is 2.20. The lowest BCUT2D eigenvalue weighted by Crippen LogP contribution is -2.50. The summed E-state index contributed by atoms with van der Waals surface area (Å²) in [6.45, 7) is 2.70. The molecule has 0 aromatic carbocycles. The van der Waals surface area contributed by atoms with Crippen LogP contribution in [-0.4, -0.2) is 54.8 Å². The maximum Gasteiger partial charge on any atom is 0.0713 e. The predicted molar refractivity (Wildman–Crippen MR) is 69.9 cm³/mol. The van der Waals surface area contributed by atoms with Gasteiger partial charge >= 0.3 is 0 Å². The average molecular weight is 244 g/mol. The minimum absolute atomic E-state index is 0.205. The van der Waals surface area contributed by atoms with E-state index < -0.39 is 0 Å². The zero-order valence-electron chi connectivity index (χ0n) is 10.3. The number of likely N-dealkylation sites (N-methyl/N-ethyl adjacent to an activating group) is 1. The Kier molecular flexibility index (Phi) is 4.53. The van der Waals surface area contributed by atoms with Crippen molar-refractivity contribution in [3.05, 3.63) is 0 Å². The van der Waals surface area contributed by atoms with Crippen molar-refractivity contribution in [1.29, 1.82) is 0 Å². The summed E-state index contributed by atoms with van der Waals surface area (Å²) in [5, 5.41) is 0. The minimum Gasteiger partial charge on any atom is -0.375 e. The standard InChI is InChI=1S/C12H24N2OS/c1-14(6-5-13)11-2-7-15-12(10-11)3-8-16-9-4-12/h11H,2-10,13H2,1H3. The van der Waals surface area contributed by atoms with Gasteiger partial charge in [-0.2, -0.15) is 11.8 Å². The van der Waals surface area contributed by atoms with Crippen LogP contribution in [-0.2, 0) is 4.74 Å². The van der Waals surface area contributed by atoms with Crippen LogP contribution in [0.4, 0.5) is 0 Å². The number of hydrogen-bond acceptors (Lipinski definition) is 4. The summed E-state index contributed by atoms with van der Waals surface area (Å²) >= 11 is 2.07. The maximum atomic E-state index is 6.09. The second-order valence-electron chi connectivity index (χ2n) is 5.06. The molecule has 16 heavy (non-hydrogen) atoms. The number of ether oxygens (including phenoxy) is 1. The number of rotatable bonds is 3. The third kappa shape index (κ3) is 2.92. The number of nitrogens with two attached hydrogens (primary N) is 1. The van der Waals surface area contributed by atoms with Gasteiger partial charge in [0.05, 0.1) is 5.60 Å². The van der Waals surface area contributed by atoms with Gasteiger partial charge in [-0.1, -0.05) is 0 Å². The van der Waals surface area contributed by atoms with E-state index in [0.717, 1.165) is 19.7 Å². The van der Waals surface area contributed by atoms with Gasteiger partial charge in [-0.3, -0.25) is 0 Å². The van der Waals surface area contributed by atoms with E-state index in [-0.39, 0.29) is 5.60 Å². The van der Waals surface area contributed by atoms with E-state index in [1.54, 1.807) is 0 Å². The van der Waals surface area contributed by atoms with Crippen LogP contribution in [0.15, 0.2) is 0 Å². The molecule has 2 fully saturated rings. The van der Waals surface area contributed by atoms with Crippen molar-refractivity contribution in [2.75, 3.05) is 38.2 Å². The van der Waals surface area contributed by atoms with Crippen LogP contribution in [0, 0.1) is 0 Å². The highest BCUT2D eigenvalue weighted by Gasteiger charge is 2.39. The molecule has 0 bridgehead atoms. The zero-order chi connectivity index (χ0) is 11.4. The molecule has 0 aliphatic carbocycles. The topological polar surface area (TPSA) is 38.5 Å². The predicted octanol–water partition coefficient (Wildman–Crippen LogP) is 1.32. The van der Waals surface area contributed by atoms with E-state index in [0.29, 0.717) is 6.04 Å². The van der Waals surface area contributed by atoms with Crippen LogP contribution < -0.4 is 5.73 Å².